The summed E-state index contributed by atoms with van der Waals surface area (Å²) in [6.45, 7) is 4.04. The highest BCUT2D eigenvalue weighted by Gasteiger charge is 2.22. The van der Waals surface area contributed by atoms with Gasteiger partial charge in [0.1, 0.15) is 10.7 Å². The zero-order valence-electron chi connectivity index (χ0n) is 11.1. The van der Waals surface area contributed by atoms with E-state index in [0.29, 0.717) is 0 Å². The molecule has 0 aliphatic heterocycles. The van der Waals surface area contributed by atoms with Crippen molar-refractivity contribution in [2.24, 2.45) is 0 Å². The molecule has 4 nitrogen and oxygen atoms in total. The fraction of sp³-hybridized carbons (Fsp3) is 0.231. The molecule has 20 heavy (non-hydrogen) atoms. The smallest absolute Gasteiger partial charge is 0.245 e. The van der Waals surface area contributed by atoms with Crippen LogP contribution in [0.3, 0.4) is 0 Å². The quantitative estimate of drug-likeness (QED) is 0.852. The molecule has 0 bridgehead atoms. The molecule has 2 rings (SSSR count). The average molecular weight is 314 g/mol. The first kappa shape index (κ1) is 15.0. The van der Waals surface area contributed by atoms with Crippen LogP contribution in [0.25, 0.3) is 0 Å². The number of anilines is 1. The third-order valence-electron chi connectivity index (χ3n) is 2.92. The van der Waals surface area contributed by atoms with Crippen molar-refractivity contribution in [1.82, 2.24) is 4.72 Å². The molecule has 0 spiro atoms. The Bertz CT molecular complexity index is 699. The number of hydrogen-bond acceptors (Lipinski definition) is 4. The molecular formula is C13H15FN2O2S2. The van der Waals surface area contributed by atoms with Gasteiger partial charge in [-0.05, 0) is 37.6 Å². The summed E-state index contributed by atoms with van der Waals surface area (Å²) in [4.78, 5) is 1.51. The van der Waals surface area contributed by atoms with Crippen LogP contribution in [0, 0.1) is 19.7 Å². The number of nitrogens with one attached hydrogen (secondary N) is 1. The van der Waals surface area contributed by atoms with Gasteiger partial charge in [-0.25, -0.2) is 17.5 Å². The normalized spacial score (nSPS) is 11.8. The second-order valence-corrected chi connectivity index (χ2v) is 7.48. The molecule has 1 heterocycles. The molecule has 0 radical (unpaired) electrons. The van der Waals surface area contributed by atoms with Crippen LogP contribution >= 0.6 is 11.3 Å². The van der Waals surface area contributed by atoms with Crippen molar-refractivity contribution in [2.45, 2.75) is 25.3 Å². The summed E-state index contributed by atoms with van der Waals surface area (Å²) in [5.41, 5.74) is 6.55. The number of benzene rings is 1. The summed E-state index contributed by atoms with van der Waals surface area (Å²) in [6, 6.07) is 5.71. The van der Waals surface area contributed by atoms with E-state index >= 15 is 0 Å². The number of sulfonamides is 1. The van der Waals surface area contributed by atoms with Crippen molar-refractivity contribution in [1.29, 1.82) is 0 Å². The molecule has 0 fully saturated rings. The van der Waals surface area contributed by atoms with Gasteiger partial charge in [-0.15, -0.1) is 11.3 Å². The van der Waals surface area contributed by atoms with E-state index in [1.165, 1.54) is 23.5 Å². The number of hydrogen-bond donors (Lipinski definition) is 2. The predicted molar refractivity (Wildman–Crippen MR) is 78.6 cm³/mol. The SMILES string of the molecule is Cc1cc(CNS(=O)(=O)c2c(N)cccc2F)sc1C. The number of nitrogens with two attached hydrogens (primary N) is 1. The van der Waals surface area contributed by atoms with Gasteiger partial charge in [0.2, 0.25) is 10.0 Å². The second-order valence-electron chi connectivity index (χ2n) is 4.43. The van der Waals surface area contributed by atoms with Crippen molar-refractivity contribution < 1.29 is 12.8 Å². The third kappa shape index (κ3) is 3.00. The van der Waals surface area contributed by atoms with Crippen molar-refractivity contribution in [3.8, 4) is 0 Å². The topological polar surface area (TPSA) is 72.2 Å². The fourth-order valence-electron chi connectivity index (χ4n) is 1.78. The minimum atomic E-state index is -3.97. The van der Waals surface area contributed by atoms with E-state index in [1.807, 2.05) is 19.9 Å². The first-order valence-corrected chi connectivity index (χ1v) is 8.21. The molecule has 1 aromatic carbocycles. The largest absolute Gasteiger partial charge is 0.398 e. The van der Waals surface area contributed by atoms with Gasteiger partial charge in [-0.3, -0.25) is 0 Å². The van der Waals surface area contributed by atoms with Gasteiger partial charge in [0.05, 0.1) is 5.69 Å². The van der Waals surface area contributed by atoms with Crippen LogP contribution < -0.4 is 10.5 Å². The van der Waals surface area contributed by atoms with Gasteiger partial charge in [0, 0.05) is 16.3 Å². The van der Waals surface area contributed by atoms with Gasteiger partial charge >= 0.3 is 0 Å². The Kier molecular flexibility index (Phi) is 4.12. The summed E-state index contributed by atoms with van der Waals surface area (Å²) < 4.78 is 40.2. The lowest BCUT2D eigenvalue weighted by molar-refractivity contribution is 0.558. The van der Waals surface area contributed by atoms with Crippen LogP contribution in [0.1, 0.15) is 15.3 Å². The molecule has 0 aliphatic rings. The maximum atomic E-state index is 13.6. The van der Waals surface area contributed by atoms with Crippen molar-refractivity contribution >= 4 is 27.0 Å². The molecule has 1 aromatic heterocycles. The zero-order chi connectivity index (χ0) is 14.9. The first-order valence-electron chi connectivity index (χ1n) is 5.91. The maximum Gasteiger partial charge on any atom is 0.245 e. The van der Waals surface area contributed by atoms with E-state index in [1.54, 1.807) is 0 Å². The standard InChI is InChI=1S/C13H15FN2O2S2/c1-8-6-10(19-9(8)2)7-16-20(17,18)13-11(14)4-3-5-12(13)15/h3-6,16H,7,15H2,1-2H3. The van der Waals surface area contributed by atoms with Gasteiger partial charge in [0.25, 0.3) is 0 Å². The lowest BCUT2D eigenvalue weighted by Crippen LogP contribution is -2.24. The lowest BCUT2D eigenvalue weighted by Gasteiger charge is -2.09. The number of rotatable bonds is 4. The Labute approximate surface area is 121 Å². The maximum absolute atomic E-state index is 13.6. The summed E-state index contributed by atoms with van der Waals surface area (Å²) in [5.74, 6) is -0.851. The summed E-state index contributed by atoms with van der Waals surface area (Å²) in [6.07, 6.45) is 0. The van der Waals surface area contributed by atoms with Gasteiger partial charge in [-0.2, -0.15) is 0 Å². The van der Waals surface area contributed by atoms with Crippen molar-refractivity contribution in [2.75, 3.05) is 5.73 Å². The van der Waals surface area contributed by atoms with Crippen LogP contribution in [0.2, 0.25) is 0 Å². The second kappa shape index (κ2) is 5.51. The van der Waals surface area contributed by atoms with Gasteiger partial charge < -0.3 is 5.73 Å². The Hall–Kier alpha value is -1.44. The molecule has 0 amide bonds. The van der Waals surface area contributed by atoms with E-state index in [4.69, 9.17) is 5.73 Å². The summed E-state index contributed by atoms with van der Waals surface area (Å²) in [5, 5.41) is 0. The van der Waals surface area contributed by atoms with Gasteiger partial charge in [-0.1, -0.05) is 6.07 Å². The van der Waals surface area contributed by atoms with Crippen LogP contribution in [0.5, 0.6) is 0 Å². The number of thiophene rings is 1. The minimum Gasteiger partial charge on any atom is -0.398 e. The molecule has 0 atom stereocenters. The number of halogens is 1. The van der Waals surface area contributed by atoms with Crippen molar-refractivity contribution in [3.05, 3.63) is 45.4 Å². The zero-order valence-corrected chi connectivity index (χ0v) is 12.7. The molecular weight excluding hydrogens is 299 g/mol. The molecule has 0 saturated carbocycles. The van der Waals surface area contributed by atoms with Crippen LogP contribution in [0.15, 0.2) is 29.2 Å². The summed E-state index contributed by atoms with van der Waals surface area (Å²) >= 11 is 1.51. The first-order chi connectivity index (χ1) is 9.31. The average Bonchev–Trinajstić information content (AvgIpc) is 2.66. The van der Waals surface area contributed by atoms with Crippen LogP contribution in [-0.2, 0) is 16.6 Å². The van der Waals surface area contributed by atoms with Gasteiger partial charge in [0.15, 0.2) is 0 Å². The van der Waals surface area contributed by atoms with E-state index in [-0.39, 0.29) is 12.2 Å². The van der Waals surface area contributed by atoms with Crippen LogP contribution in [-0.4, -0.2) is 8.42 Å². The number of aryl methyl sites for hydroxylation is 2. The molecule has 0 aliphatic carbocycles. The number of nitrogen functional groups attached to an aromatic ring is 1. The van der Waals surface area contributed by atoms with Crippen LogP contribution in [0.4, 0.5) is 10.1 Å². The molecule has 3 N–H and O–H groups in total. The highest BCUT2D eigenvalue weighted by Crippen LogP contribution is 2.23. The molecule has 0 saturated heterocycles. The third-order valence-corrected chi connectivity index (χ3v) is 5.56. The highest BCUT2D eigenvalue weighted by molar-refractivity contribution is 7.89. The monoisotopic (exact) mass is 314 g/mol. The predicted octanol–water partition coefficient (Wildman–Crippen LogP) is 2.56. The van der Waals surface area contributed by atoms with Crippen molar-refractivity contribution in [3.63, 3.8) is 0 Å². The van der Waals surface area contributed by atoms with E-state index in [0.717, 1.165) is 21.4 Å². The Morgan fingerprint density at radius 2 is 2.05 bits per heavy atom. The Morgan fingerprint density at radius 3 is 2.60 bits per heavy atom. The fourth-order valence-corrected chi connectivity index (χ4v) is 4.06. The molecule has 7 heteroatoms. The highest BCUT2D eigenvalue weighted by atomic mass is 32.2. The summed E-state index contributed by atoms with van der Waals surface area (Å²) in [7, 11) is -3.97. The van der Waals surface area contributed by atoms with E-state index < -0.39 is 20.7 Å². The van der Waals surface area contributed by atoms with E-state index in [2.05, 4.69) is 4.72 Å². The molecule has 0 unspecified atom stereocenters. The molecule has 108 valence electrons. The minimum absolute atomic E-state index is 0.101. The lowest BCUT2D eigenvalue weighted by atomic mass is 10.3. The van der Waals surface area contributed by atoms with E-state index in [9.17, 15) is 12.8 Å². The molecule has 2 aromatic rings. The Morgan fingerprint density at radius 1 is 1.35 bits per heavy atom. The Balaban J connectivity index is 2.24.